The second-order valence-corrected chi connectivity index (χ2v) is 8.78. The molecule has 158 valence electrons. The number of anilines is 1. The highest BCUT2D eigenvalue weighted by Crippen LogP contribution is 2.27. The van der Waals surface area contributed by atoms with Crippen molar-refractivity contribution in [3.8, 4) is 11.4 Å². The van der Waals surface area contributed by atoms with Gasteiger partial charge in [-0.05, 0) is 26.3 Å². The fourth-order valence-electron chi connectivity index (χ4n) is 2.84. The van der Waals surface area contributed by atoms with Gasteiger partial charge in [-0.1, -0.05) is 47.4 Å². The lowest BCUT2D eigenvalue weighted by molar-refractivity contribution is -0.113. The van der Waals surface area contributed by atoms with Crippen LogP contribution in [0.15, 0.2) is 29.4 Å². The van der Waals surface area contributed by atoms with Crippen LogP contribution < -0.4 is 5.32 Å². The highest BCUT2D eigenvalue weighted by Gasteiger charge is 2.19. The van der Waals surface area contributed by atoms with Crippen LogP contribution in [-0.2, 0) is 11.3 Å². The minimum Gasteiger partial charge on any atom is -0.344 e. The summed E-state index contributed by atoms with van der Waals surface area (Å²) >= 11 is 2.50. The number of aryl methyl sites for hydroxylation is 2. The quantitative estimate of drug-likeness (QED) is 0.561. The van der Waals surface area contributed by atoms with Crippen molar-refractivity contribution in [2.75, 3.05) is 25.2 Å². The van der Waals surface area contributed by atoms with Crippen molar-refractivity contribution < 1.29 is 9.59 Å². The molecule has 1 aromatic carbocycles. The third-order valence-electron chi connectivity index (χ3n) is 4.39. The number of benzene rings is 1. The van der Waals surface area contributed by atoms with Crippen molar-refractivity contribution in [1.29, 1.82) is 0 Å². The van der Waals surface area contributed by atoms with E-state index in [1.807, 2.05) is 42.7 Å². The van der Waals surface area contributed by atoms with Gasteiger partial charge in [0, 0.05) is 26.2 Å². The van der Waals surface area contributed by atoms with Crippen molar-refractivity contribution in [2.24, 2.45) is 0 Å². The van der Waals surface area contributed by atoms with E-state index in [4.69, 9.17) is 0 Å². The van der Waals surface area contributed by atoms with E-state index in [-0.39, 0.29) is 17.6 Å². The molecule has 0 aliphatic carbocycles. The Kier molecular flexibility index (Phi) is 6.88. The molecule has 3 aromatic rings. The predicted molar refractivity (Wildman–Crippen MR) is 120 cm³/mol. The normalized spacial score (nSPS) is 10.8. The molecule has 0 unspecified atom stereocenters. The predicted octanol–water partition coefficient (Wildman–Crippen LogP) is 3.47. The third-order valence-corrected chi connectivity index (χ3v) is 6.42. The fourth-order valence-corrected chi connectivity index (χ4v) is 4.65. The van der Waals surface area contributed by atoms with Crippen LogP contribution >= 0.6 is 23.1 Å². The number of nitrogens with zero attached hydrogens (tertiary/aromatic N) is 5. The minimum absolute atomic E-state index is 0.125. The maximum absolute atomic E-state index is 12.4. The molecule has 2 heterocycles. The Labute approximate surface area is 183 Å². The van der Waals surface area contributed by atoms with Gasteiger partial charge < -0.3 is 14.8 Å². The minimum atomic E-state index is -0.208. The molecule has 2 aromatic heterocycles. The first-order valence-electron chi connectivity index (χ1n) is 9.42. The van der Waals surface area contributed by atoms with Crippen LogP contribution in [0.3, 0.4) is 0 Å². The topological polar surface area (TPSA) is 93.0 Å². The van der Waals surface area contributed by atoms with E-state index in [0.29, 0.717) is 27.4 Å². The lowest BCUT2D eigenvalue weighted by atomic mass is 10.1. The van der Waals surface area contributed by atoms with Crippen LogP contribution in [-0.4, -0.2) is 56.3 Å². The zero-order chi connectivity index (χ0) is 21.8. The SMILES string of the molecule is CCn1c(SCC(=O)Nc2nc(C)c(C(=O)N(C)C)s2)nnc1-c1ccccc1C. The molecular formula is C20H24N6O2S2. The van der Waals surface area contributed by atoms with Gasteiger partial charge in [0.25, 0.3) is 5.91 Å². The largest absolute Gasteiger partial charge is 0.344 e. The number of hydrogen-bond donors (Lipinski definition) is 1. The average Bonchev–Trinajstić information content (AvgIpc) is 3.28. The van der Waals surface area contributed by atoms with Gasteiger partial charge >= 0.3 is 0 Å². The zero-order valence-electron chi connectivity index (χ0n) is 17.6. The second-order valence-electron chi connectivity index (χ2n) is 6.84. The summed E-state index contributed by atoms with van der Waals surface area (Å²) in [6.45, 7) is 6.52. The summed E-state index contributed by atoms with van der Waals surface area (Å²) in [5.74, 6) is 0.628. The van der Waals surface area contributed by atoms with E-state index >= 15 is 0 Å². The summed E-state index contributed by atoms with van der Waals surface area (Å²) in [6.07, 6.45) is 0. The molecule has 0 radical (unpaired) electrons. The van der Waals surface area contributed by atoms with Crippen LogP contribution in [0.1, 0.15) is 27.9 Å². The lowest BCUT2D eigenvalue weighted by Crippen LogP contribution is -2.21. The molecule has 0 saturated heterocycles. The van der Waals surface area contributed by atoms with Gasteiger partial charge in [0.05, 0.1) is 11.4 Å². The Hall–Kier alpha value is -2.72. The number of hydrogen-bond acceptors (Lipinski definition) is 7. The maximum atomic E-state index is 12.4. The fraction of sp³-hybridized carbons (Fsp3) is 0.350. The Bertz CT molecular complexity index is 1070. The van der Waals surface area contributed by atoms with E-state index in [2.05, 4.69) is 20.5 Å². The molecule has 0 aliphatic heterocycles. The van der Waals surface area contributed by atoms with Gasteiger partial charge in [0.2, 0.25) is 5.91 Å². The molecule has 10 heteroatoms. The van der Waals surface area contributed by atoms with Gasteiger partial charge in [-0.25, -0.2) is 4.98 Å². The van der Waals surface area contributed by atoms with E-state index < -0.39 is 0 Å². The van der Waals surface area contributed by atoms with E-state index in [1.165, 1.54) is 28.0 Å². The summed E-state index contributed by atoms with van der Waals surface area (Å²) in [5, 5.41) is 12.5. The molecule has 0 atom stereocenters. The van der Waals surface area contributed by atoms with Crippen LogP contribution in [0.25, 0.3) is 11.4 Å². The summed E-state index contributed by atoms with van der Waals surface area (Å²) in [7, 11) is 3.37. The summed E-state index contributed by atoms with van der Waals surface area (Å²) in [5.41, 5.74) is 2.76. The smallest absolute Gasteiger partial charge is 0.265 e. The average molecular weight is 445 g/mol. The van der Waals surface area contributed by atoms with Gasteiger partial charge in [0.15, 0.2) is 16.1 Å². The van der Waals surface area contributed by atoms with Gasteiger partial charge in [0.1, 0.15) is 4.88 Å². The Morgan fingerprint density at radius 3 is 2.60 bits per heavy atom. The van der Waals surface area contributed by atoms with Crippen LogP contribution in [0.2, 0.25) is 0 Å². The summed E-state index contributed by atoms with van der Waals surface area (Å²) < 4.78 is 2.00. The number of thioether (sulfide) groups is 1. The van der Waals surface area contributed by atoms with E-state index in [0.717, 1.165) is 17.0 Å². The number of aromatic nitrogens is 4. The molecule has 0 spiro atoms. The van der Waals surface area contributed by atoms with Crippen LogP contribution in [0.5, 0.6) is 0 Å². The van der Waals surface area contributed by atoms with Gasteiger partial charge in [-0.2, -0.15) is 0 Å². The molecule has 3 rings (SSSR count). The van der Waals surface area contributed by atoms with Gasteiger partial charge in [-0.3, -0.25) is 9.59 Å². The molecule has 0 bridgehead atoms. The monoisotopic (exact) mass is 444 g/mol. The first-order chi connectivity index (χ1) is 14.3. The van der Waals surface area contributed by atoms with Crippen molar-refractivity contribution in [1.82, 2.24) is 24.6 Å². The molecular weight excluding hydrogens is 420 g/mol. The number of thiazole rings is 1. The number of amides is 2. The number of carbonyl (C=O) groups is 2. The molecule has 0 fully saturated rings. The summed E-state index contributed by atoms with van der Waals surface area (Å²) in [6, 6.07) is 8.02. The zero-order valence-corrected chi connectivity index (χ0v) is 19.2. The first-order valence-corrected chi connectivity index (χ1v) is 11.2. The van der Waals surface area contributed by atoms with Crippen LogP contribution in [0, 0.1) is 13.8 Å². The summed E-state index contributed by atoms with van der Waals surface area (Å²) in [4.78, 5) is 30.9. The molecule has 0 aliphatic rings. The maximum Gasteiger partial charge on any atom is 0.265 e. The molecule has 8 nitrogen and oxygen atoms in total. The van der Waals surface area contributed by atoms with Crippen molar-refractivity contribution >= 4 is 40.0 Å². The lowest BCUT2D eigenvalue weighted by Gasteiger charge is -2.09. The van der Waals surface area contributed by atoms with Crippen LogP contribution in [0.4, 0.5) is 5.13 Å². The van der Waals surface area contributed by atoms with Crippen molar-refractivity contribution in [3.63, 3.8) is 0 Å². The molecule has 30 heavy (non-hydrogen) atoms. The number of rotatable bonds is 7. The molecule has 0 saturated carbocycles. The van der Waals surface area contributed by atoms with Crippen molar-refractivity contribution in [3.05, 3.63) is 40.4 Å². The Morgan fingerprint density at radius 2 is 1.93 bits per heavy atom. The van der Waals surface area contributed by atoms with Gasteiger partial charge in [-0.15, -0.1) is 10.2 Å². The van der Waals surface area contributed by atoms with Crippen molar-refractivity contribution in [2.45, 2.75) is 32.5 Å². The molecule has 2 amide bonds. The first kappa shape index (κ1) is 22.0. The second kappa shape index (κ2) is 9.40. The number of carbonyl (C=O) groups excluding carboxylic acids is 2. The van der Waals surface area contributed by atoms with E-state index in [9.17, 15) is 9.59 Å². The highest BCUT2D eigenvalue weighted by molar-refractivity contribution is 7.99. The third kappa shape index (κ3) is 4.71. The molecule has 1 N–H and O–H groups in total. The van der Waals surface area contributed by atoms with E-state index in [1.54, 1.807) is 21.0 Å². The number of nitrogens with one attached hydrogen (secondary N) is 1. The standard InChI is InChI=1S/C20H24N6O2S2/c1-6-26-17(14-10-8-7-9-12(14)2)23-24-20(26)29-11-15(27)22-19-21-13(3)16(30-19)18(28)25(4)5/h7-10H,6,11H2,1-5H3,(H,21,22,27). The highest BCUT2D eigenvalue weighted by atomic mass is 32.2. The Balaban J connectivity index is 1.68. The Morgan fingerprint density at radius 1 is 1.20 bits per heavy atom.